The van der Waals surface area contributed by atoms with E-state index < -0.39 is 16.0 Å². The van der Waals surface area contributed by atoms with E-state index in [1.54, 1.807) is 6.92 Å². The highest BCUT2D eigenvalue weighted by atomic mass is 32.2. The molecule has 0 aromatic carbocycles. The molecule has 1 saturated heterocycles. The van der Waals surface area contributed by atoms with Crippen LogP contribution in [0.4, 0.5) is 0 Å². The fraction of sp³-hybridized carbons (Fsp3) is 0.500. The summed E-state index contributed by atoms with van der Waals surface area (Å²) in [5, 5.41) is 10.2. The molecule has 6 nitrogen and oxygen atoms in total. The second-order valence-electron chi connectivity index (χ2n) is 3.99. The highest BCUT2D eigenvalue weighted by molar-refractivity contribution is 7.89. The van der Waals surface area contributed by atoms with Crippen LogP contribution in [0.3, 0.4) is 0 Å². The maximum absolute atomic E-state index is 12.3. The van der Waals surface area contributed by atoms with Gasteiger partial charge in [0.05, 0.1) is 18.1 Å². The van der Waals surface area contributed by atoms with Crippen molar-refractivity contribution in [2.24, 2.45) is 0 Å². The van der Waals surface area contributed by atoms with E-state index >= 15 is 0 Å². The molecule has 1 aliphatic rings. The summed E-state index contributed by atoms with van der Waals surface area (Å²) in [6.07, 6.45) is 0. The first kappa shape index (κ1) is 13.5. The van der Waals surface area contributed by atoms with Crippen LogP contribution in [-0.2, 0) is 14.8 Å². The maximum Gasteiger partial charge on any atom is 0.345 e. The van der Waals surface area contributed by atoms with Gasteiger partial charge in [-0.3, -0.25) is 0 Å². The van der Waals surface area contributed by atoms with Gasteiger partial charge in [-0.2, -0.15) is 4.31 Å². The summed E-state index contributed by atoms with van der Waals surface area (Å²) in [6, 6.07) is 0.960. The van der Waals surface area contributed by atoms with E-state index in [4.69, 9.17) is 9.84 Å². The summed E-state index contributed by atoms with van der Waals surface area (Å²) < 4.78 is 31.2. The predicted octanol–water partition coefficient (Wildman–Crippen LogP) is 0.856. The molecule has 0 amide bonds. The number of thiophene rings is 1. The molecular formula is C10H13NO5S2. The van der Waals surface area contributed by atoms with Crippen molar-refractivity contribution in [1.29, 1.82) is 0 Å². The Labute approximate surface area is 109 Å². The Morgan fingerprint density at radius 2 is 2.33 bits per heavy atom. The van der Waals surface area contributed by atoms with Crippen LogP contribution in [0.2, 0.25) is 0 Å². The third-order valence-corrected chi connectivity index (χ3v) is 5.76. The lowest BCUT2D eigenvalue weighted by molar-refractivity contribution is 0.0393. The Morgan fingerprint density at radius 3 is 2.89 bits per heavy atom. The number of rotatable bonds is 3. The third kappa shape index (κ3) is 2.41. The second-order valence-corrected chi connectivity index (χ2v) is 6.79. The van der Waals surface area contributed by atoms with Crippen LogP contribution >= 0.6 is 11.3 Å². The van der Waals surface area contributed by atoms with Crippen LogP contribution in [-0.4, -0.2) is 49.6 Å². The minimum atomic E-state index is -3.62. The first-order chi connectivity index (χ1) is 8.43. The highest BCUT2D eigenvalue weighted by Crippen LogP contribution is 2.25. The Kier molecular flexibility index (Phi) is 3.71. The Morgan fingerprint density at radius 1 is 1.61 bits per heavy atom. The van der Waals surface area contributed by atoms with E-state index in [1.807, 2.05) is 0 Å². The maximum atomic E-state index is 12.3. The molecule has 2 rings (SSSR count). The monoisotopic (exact) mass is 291 g/mol. The Hall–Kier alpha value is -0.960. The van der Waals surface area contributed by atoms with Crippen LogP contribution in [0.15, 0.2) is 16.3 Å². The number of carboxylic acids is 1. The Bertz CT molecular complexity index is 550. The number of sulfonamides is 1. The zero-order valence-corrected chi connectivity index (χ0v) is 11.3. The lowest BCUT2D eigenvalue weighted by atomic mass is 10.3. The first-order valence-corrected chi connectivity index (χ1v) is 7.66. The van der Waals surface area contributed by atoms with Gasteiger partial charge >= 0.3 is 5.97 Å². The molecule has 18 heavy (non-hydrogen) atoms. The average Bonchev–Trinajstić information content (AvgIpc) is 2.79. The molecule has 0 radical (unpaired) electrons. The van der Waals surface area contributed by atoms with Crippen molar-refractivity contribution >= 4 is 27.3 Å². The lowest BCUT2D eigenvalue weighted by Gasteiger charge is -2.31. The number of morpholine rings is 1. The van der Waals surface area contributed by atoms with Crippen LogP contribution in [0.25, 0.3) is 0 Å². The van der Waals surface area contributed by atoms with Crippen LogP contribution in [0.5, 0.6) is 0 Å². The zero-order valence-electron chi connectivity index (χ0n) is 9.70. The van der Waals surface area contributed by atoms with Gasteiger partial charge in [-0.05, 0) is 13.0 Å². The quantitative estimate of drug-likeness (QED) is 0.892. The van der Waals surface area contributed by atoms with Gasteiger partial charge in [0.1, 0.15) is 4.88 Å². The van der Waals surface area contributed by atoms with Crippen molar-refractivity contribution in [2.45, 2.75) is 17.9 Å². The van der Waals surface area contributed by atoms with E-state index in [2.05, 4.69) is 0 Å². The summed E-state index contributed by atoms with van der Waals surface area (Å²) >= 11 is 0.913. The molecule has 1 fully saturated rings. The molecule has 1 atom stereocenters. The lowest BCUT2D eigenvalue weighted by Crippen LogP contribution is -2.46. The third-order valence-electron chi connectivity index (χ3n) is 2.70. The summed E-state index contributed by atoms with van der Waals surface area (Å²) in [5.74, 6) is -1.11. The van der Waals surface area contributed by atoms with Crippen molar-refractivity contribution in [3.63, 3.8) is 0 Å². The average molecular weight is 291 g/mol. The first-order valence-electron chi connectivity index (χ1n) is 5.34. The summed E-state index contributed by atoms with van der Waals surface area (Å²) in [4.78, 5) is 10.8. The van der Waals surface area contributed by atoms with Gasteiger partial charge in [0.25, 0.3) is 0 Å². The number of aromatic carboxylic acids is 1. The minimum Gasteiger partial charge on any atom is -0.477 e. The van der Waals surface area contributed by atoms with E-state index in [0.29, 0.717) is 19.8 Å². The molecule has 0 bridgehead atoms. The van der Waals surface area contributed by atoms with E-state index in [0.717, 1.165) is 11.3 Å². The van der Waals surface area contributed by atoms with E-state index in [9.17, 15) is 13.2 Å². The molecule has 1 aromatic heterocycles. The van der Waals surface area contributed by atoms with Crippen LogP contribution < -0.4 is 0 Å². The van der Waals surface area contributed by atoms with Crippen molar-refractivity contribution in [2.75, 3.05) is 19.8 Å². The second kappa shape index (κ2) is 4.96. The standard InChI is InChI=1S/C10H13NO5S2/c1-7-5-16-3-2-11(7)18(14,15)8-4-9(10(12)13)17-6-8/h4,6-7H,2-3,5H2,1H3,(H,12,13)/t7-/m1/s1. The number of carboxylic acid groups (broad SMARTS) is 1. The SMILES string of the molecule is C[C@@H]1COCCN1S(=O)(=O)c1csc(C(=O)O)c1. The Balaban J connectivity index is 2.31. The summed E-state index contributed by atoms with van der Waals surface area (Å²) in [6.45, 7) is 2.78. The number of hydrogen-bond donors (Lipinski definition) is 1. The van der Waals surface area contributed by atoms with Gasteiger partial charge in [-0.25, -0.2) is 13.2 Å². The van der Waals surface area contributed by atoms with Crippen molar-refractivity contribution < 1.29 is 23.1 Å². The molecule has 8 heteroatoms. The smallest absolute Gasteiger partial charge is 0.345 e. The topological polar surface area (TPSA) is 83.9 Å². The normalized spacial score (nSPS) is 21.9. The van der Waals surface area contributed by atoms with Crippen molar-refractivity contribution in [3.05, 3.63) is 16.3 Å². The molecule has 0 aliphatic carbocycles. The molecule has 2 heterocycles. The van der Waals surface area contributed by atoms with Crippen LogP contribution in [0, 0.1) is 0 Å². The molecule has 1 aliphatic heterocycles. The number of nitrogens with zero attached hydrogens (tertiary/aromatic N) is 1. The highest BCUT2D eigenvalue weighted by Gasteiger charge is 2.32. The number of carbonyl (C=O) groups is 1. The zero-order chi connectivity index (χ0) is 13.3. The number of hydrogen-bond acceptors (Lipinski definition) is 5. The molecule has 0 spiro atoms. The molecule has 1 aromatic rings. The summed E-state index contributed by atoms with van der Waals surface area (Å²) in [5.41, 5.74) is 0. The van der Waals surface area contributed by atoms with Gasteiger partial charge in [0.2, 0.25) is 10.0 Å². The van der Waals surface area contributed by atoms with Gasteiger partial charge < -0.3 is 9.84 Å². The molecule has 0 saturated carbocycles. The van der Waals surface area contributed by atoms with Crippen LogP contribution in [0.1, 0.15) is 16.6 Å². The minimum absolute atomic E-state index is 0.0227. The fourth-order valence-corrected chi connectivity index (χ4v) is 4.47. The van der Waals surface area contributed by atoms with E-state index in [-0.39, 0.29) is 15.8 Å². The predicted molar refractivity (Wildman–Crippen MR) is 65.5 cm³/mol. The van der Waals surface area contributed by atoms with Crippen molar-refractivity contribution in [3.8, 4) is 0 Å². The summed E-state index contributed by atoms with van der Waals surface area (Å²) in [7, 11) is -3.62. The van der Waals surface area contributed by atoms with Gasteiger partial charge in [0.15, 0.2) is 0 Å². The molecule has 0 unspecified atom stereocenters. The largest absolute Gasteiger partial charge is 0.477 e. The molecule has 1 N–H and O–H groups in total. The van der Waals surface area contributed by atoms with Gasteiger partial charge in [0, 0.05) is 18.0 Å². The van der Waals surface area contributed by atoms with Gasteiger partial charge in [-0.15, -0.1) is 11.3 Å². The fourth-order valence-electron chi connectivity index (χ4n) is 1.77. The van der Waals surface area contributed by atoms with Gasteiger partial charge in [-0.1, -0.05) is 0 Å². The molecular weight excluding hydrogens is 278 g/mol. The molecule has 100 valence electrons. The van der Waals surface area contributed by atoms with E-state index in [1.165, 1.54) is 15.8 Å². The number of ether oxygens (including phenoxy) is 1. The van der Waals surface area contributed by atoms with Crippen molar-refractivity contribution in [1.82, 2.24) is 4.31 Å².